The Morgan fingerprint density at radius 3 is 2.93 bits per heavy atom. The molecular weight excluding hydrogens is 429 g/mol. The Morgan fingerprint density at radius 1 is 1.29 bits per heavy atom. The molecule has 0 saturated carbocycles. The summed E-state index contributed by atoms with van der Waals surface area (Å²) in [6.45, 7) is 2.89. The van der Waals surface area contributed by atoms with E-state index in [-0.39, 0.29) is 17.7 Å². The van der Waals surface area contributed by atoms with E-state index in [0.29, 0.717) is 16.7 Å². The Kier molecular flexibility index (Phi) is 5.48. The molecule has 1 aliphatic rings. The number of hydrogen-bond acceptors (Lipinski definition) is 5. The van der Waals surface area contributed by atoms with Crippen molar-refractivity contribution in [2.75, 3.05) is 26.8 Å². The van der Waals surface area contributed by atoms with Crippen molar-refractivity contribution >= 4 is 32.9 Å². The maximum atomic E-state index is 13.5. The van der Waals surface area contributed by atoms with Gasteiger partial charge in [-0.1, -0.05) is 12.1 Å². The van der Waals surface area contributed by atoms with Crippen LogP contribution in [0.5, 0.6) is 0 Å². The van der Waals surface area contributed by atoms with Crippen LogP contribution in [-0.4, -0.2) is 37.7 Å². The third kappa shape index (κ3) is 3.97. The molecule has 1 fully saturated rings. The molecule has 3 aromatic rings. The van der Waals surface area contributed by atoms with Gasteiger partial charge in [-0.25, -0.2) is 9.18 Å². The van der Waals surface area contributed by atoms with Gasteiger partial charge in [0, 0.05) is 25.0 Å². The summed E-state index contributed by atoms with van der Waals surface area (Å²) in [5.74, 6) is -0.571. The first-order chi connectivity index (χ1) is 13.5. The minimum absolute atomic E-state index is 0.103. The van der Waals surface area contributed by atoms with E-state index in [1.165, 1.54) is 13.2 Å². The number of carbonyl (C=O) groups excluding carboxylic acids is 1. The zero-order valence-corrected chi connectivity index (χ0v) is 16.9. The summed E-state index contributed by atoms with van der Waals surface area (Å²) in [5, 5.41) is 0.866. The highest BCUT2D eigenvalue weighted by atomic mass is 79.9. The summed E-state index contributed by atoms with van der Waals surface area (Å²) >= 11 is 3.24. The molecule has 5 nitrogen and oxygen atoms in total. The van der Waals surface area contributed by atoms with E-state index >= 15 is 0 Å². The topological polar surface area (TPSA) is 51.9 Å². The highest BCUT2D eigenvalue weighted by Gasteiger charge is 2.23. The predicted molar refractivity (Wildman–Crippen MR) is 106 cm³/mol. The second-order valence-corrected chi connectivity index (χ2v) is 7.60. The highest BCUT2D eigenvalue weighted by molar-refractivity contribution is 9.10. The van der Waals surface area contributed by atoms with E-state index < -0.39 is 5.97 Å². The molecule has 2 aromatic carbocycles. The lowest BCUT2D eigenvalue weighted by molar-refractivity contribution is -0.0329. The number of methoxy groups -OCH3 is 1. The van der Waals surface area contributed by atoms with Crippen molar-refractivity contribution < 1.29 is 23.1 Å². The van der Waals surface area contributed by atoms with Crippen molar-refractivity contribution in [3.63, 3.8) is 0 Å². The summed E-state index contributed by atoms with van der Waals surface area (Å²) in [7, 11) is 1.33. The van der Waals surface area contributed by atoms with Crippen molar-refractivity contribution in [1.29, 1.82) is 0 Å². The third-order valence-electron chi connectivity index (χ3n) is 4.84. The lowest BCUT2D eigenvalue weighted by Gasteiger charge is -2.33. The van der Waals surface area contributed by atoms with Gasteiger partial charge in [0.2, 0.25) is 5.76 Å². The van der Waals surface area contributed by atoms with Crippen LogP contribution in [0.25, 0.3) is 11.0 Å². The molecule has 28 heavy (non-hydrogen) atoms. The number of carbonyl (C=O) groups is 1. The van der Waals surface area contributed by atoms with E-state index in [4.69, 9.17) is 13.9 Å². The average molecular weight is 448 g/mol. The van der Waals surface area contributed by atoms with Gasteiger partial charge in [0.05, 0.1) is 24.3 Å². The van der Waals surface area contributed by atoms with Crippen molar-refractivity contribution in [2.45, 2.75) is 12.6 Å². The second-order valence-electron chi connectivity index (χ2n) is 6.74. The molecular formula is C21H19BrFNO4. The molecule has 0 amide bonds. The summed E-state index contributed by atoms with van der Waals surface area (Å²) in [4.78, 5) is 13.9. The minimum atomic E-state index is -0.487. The number of benzene rings is 2. The number of fused-ring (bicyclic) bond motifs is 1. The van der Waals surface area contributed by atoms with E-state index in [1.54, 1.807) is 18.2 Å². The van der Waals surface area contributed by atoms with Gasteiger partial charge in [-0.15, -0.1) is 0 Å². The van der Waals surface area contributed by atoms with Crippen LogP contribution in [0, 0.1) is 5.82 Å². The van der Waals surface area contributed by atoms with Crippen LogP contribution in [0.1, 0.15) is 27.8 Å². The third-order valence-corrected chi connectivity index (χ3v) is 5.45. The Bertz CT molecular complexity index is 1020. The Morgan fingerprint density at radius 2 is 2.14 bits per heavy atom. The van der Waals surface area contributed by atoms with E-state index in [1.807, 2.05) is 18.2 Å². The Hall–Kier alpha value is -2.22. The summed E-state index contributed by atoms with van der Waals surface area (Å²) in [6.07, 6.45) is -0.103. The Labute approximate surface area is 170 Å². The zero-order valence-electron chi connectivity index (χ0n) is 15.3. The number of halogens is 2. The first kappa shape index (κ1) is 19.1. The SMILES string of the molecule is COC(=O)c1cc2cc(CN3CCOC(c4ccc(F)c(Br)c4)C3)ccc2o1. The van der Waals surface area contributed by atoms with Gasteiger partial charge >= 0.3 is 5.97 Å². The van der Waals surface area contributed by atoms with Crippen LogP contribution in [0.3, 0.4) is 0 Å². The number of esters is 1. The second kappa shape index (κ2) is 8.03. The van der Waals surface area contributed by atoms with Gasteiger partial charge in [-0.2, -0.15) is 0 Å². The van der Waals surface area contributed by atoms with Crippen molar-refractivity contribution in [2.24, 2.45) is 0 Å². The lowest BCUT2D eigenvalue weighted by Crippen LogP contribution is -2.37. The van der Waals surface area contributed by atoms with Gasteiger partial charge < -0.3 is 13.9 Å². The molecule has 2 heterocycles. The normalized spacial score (nSPS) is 17.8. The molecule has 7 heteroatoms. The van der Waals surface area contributed by atoms with Gasteiger partial charge in [-0.3, -0.25) is 4.90 Å². The molecule has 146 valence electrons. The van der Waals surface area contributed by atoms with Gasteiger partial charge in [0.25, 0.3) is 0 Å². The number of furan rings is 1. The van der Waals surface area contributed by atoms with Crippen molar-refractivity contribution in [3.05, 3.63) is 69.6 Å². The van der Waals surface area contributed by atoms with Crippen LogP contribution in [-0.2, 0) is 16.0 Å². The fourth-order valence-corrected chi connectivity index (χ4v) is 3.81. The largest absolute Gasteiger partial charge is 0.463 e. The maximum Gasteiger partial charge on any atom is 0.373 e. The first-order valence-corrected chi connectivity index (χ1v) is 9.72. The number of hydrogen-bond donors (Lipinski definition) is 0. The van der Waals surface area contributed by atoms with Crippen LogP contribution < -0.4 is 0 Å². The number of ether oxygens (including phenoxy) is 2. The van der Waals surface area contributed by atoms with Crippen LogP contribution in [0.2, 0.25) is 0 Å². The summed E-state index contributed by atoms with van der Waals surface area (Å²) in [5.41, 5.74) is 2.72. The van der Waals surface area contributed by atoms with Crippen LogP contribution >= 0.6 is 15.9 Å². The molecule has 1 atom stereocenters. The molecule has 0 N–H and O–H groups in total. The minimum Gasteiger partial charge on any atom is -0.463 e. The maximum absolute atomic E-state index is 13.5. The molecule has 0 spiro atoms. The molecule has 0 aliphatic carbocycles. The van der Waals surface area contributed by atoms with Crippen molar-refractivity contribution in [3.8, 4) is 0 Å². The van der Waals surface area contributed by atoms with E-state index in [2.05, 4.69) is 20.8 Å². The summed E-state index contributed by atoms with van der Waals surface area (Å²) < 4.78 is 30.1. The molecule has 1 aliphatic heterocycles. The first-order valence-electron chi connectivity index (χ1n) is 8.93. The fourth-order valence-electron chi connectivity index (χ4n) is 3.41. The van der Waals surface area contributed by atoms with E-state index in [9.17, 15) is 9.18 Å². The van der Waals surface area contributed by atoms with Gasteiger partial charge in [-0.05, 0) is 57.4 Å². The van der Waals surface area contributed by atoms with Gasteiger partial charge in [0.15, 0.2) is 0 Å². The predicted octanol–water partition coefficient (Wildman–Crippen LogP) is 4.69. The molecule has 1 saturated heterocycles. The van der Waals surface area contributed by atoms with E-state index in [0.717, 1.165) is 36.1 Å². The molecule has 0 bridgehead atoms. The smallest absolute Gasteiger partial charge is 0.373 e. The highest BCUT2D eigenvalue weighted by Crippen LogP contribution is 2.28. The molecule has 1 unspecified atom stereocenters. The summed E-state index contributed by atoms with van der Waals surface area (Å²) in [6, 6.07) is 12.6. The lowest BCUT2D eigenvalue weighted by atomic mass is 10.1. The van der Waals surface area contributed by atoms with Crippen LogP contribution in [0.4, 0.5) is 4.39 Å². The monoisotopic (exact) mass is 447 g/mol. The molecule has 1 aromatic heterocycles. The van der Waals surface area contributed by atoms with Gasteiger partial charge in [0.1, 0.15) is 11.4 Å². The molecule has 4 rings (SSSR count). The fraction of sp³-hybridized carbons (Fsp3) is 0.286. The standard InChI is InChI=1S/C21H19BrFNO4/c1-26-21(25)19-10-15-8-13(2-5-18(15)28-19)11-24-6-7-27-20(12-24)14-3-4-17(23)16(22)9-14/h2-5,8-10,20H,6-7,11-12H2,1H3. The number of rotatable bonds is 4. The molecule has 0 radical (unpaired) electrons. The van der Waals surface area contributed by atoms with Crippen molar-refractivity contribution in [1.82, 2.24) is 4.90 Å². The quantitative estimate of drug-likeness (QED) is 0.542. The number of nitrogens with zero attached hydrogens (tertiary/aromatic N) is 1. The number of morpholine rings is 1. The Balaban J connectivity index is 1.48. The zero-order chi connectivity index (χ0) is 19.7. The average Bonchev–Trinajstić information content (AvgIpc) is 3.13. The van der Waals surface area contributed by atoms with Crippen LogP contribution in [0.15, 0.2) is 51.4 Å².